The predicted molar refractivity (Wildman–Crippen MR) is 77.5 cm³/mol. The third kappa shape index (κ3) is 4.24. The number of amides is 1. The number of hydrogen-bond donors (Lipinski definition) is 2. The van der Waals surface area contributed by atoms with E-state index in [1.54, 1.807) is 6.07 Å². The summed E-state index contributed by atoms with van der Waals surface area (Å²) in [5.41, 5.74) is 1.04. The van der Waals surface area contributed by atoms with Gasteiger partial charge in [0.15, 0.2) is 11.5 Å². The Balaban J connectivity index is 1.83. The Hall–Kier alpha value is -3.01. The van der Waals surface area contributed by atoms with Crippen molar-refractivity contribution in [1.82, 2.24) is 15.0 Å². The molecule has 0 bridgehead atoms. The molecule has 0 spiro atoms. The van der Waals surface area contributed by atoms with E-state index in [1.165, 1.54) is 12.4 Å². The number of pyridine rings is 1. The van der Waals surface area contributed by atoms with Crippen molar-refractivity contribution in [2.24, 2.45) is 0 Å². The molecule has 0 aliphatic heterocycles. The molecule has 0 saturated carbocycles. The third-order valence-corrected chi connectivity index (χ3v) is 2.60. The van der Waals surface area contributed by atoms with Crippen LogP contribution in [0.4, 0.5) is 11.6 Å². The molecule has 7 heteroatoms. The van der Waals surface area contributed by atoms with Crippen LogP contribution < -0.4 is 10.6 Å². The van der Waals surface area contributed by atoms with E-state index in [1.807, 2.05) is 25.1 Å². The summed E-state index contributed by atoms with van der Waals surface area (Å²) in [7, 11) is 0. The number of aromatic nitrogens is 3. The molecule has 0 fully saturated rings. The summed E-state index contributed by atoms with van der Waals surface area (Å²) in [6, 6.07) is 7.35. The van der Waals surface area contributed by atoms with E-state index in [-0.39, 0.29) is 18.0 Å². The van der Waals surface area contributed by atoms with E-state index >= 15 is 0 Å². The molecule has 2 rings (SSSR count). The van der Waals surface area contributed by atoms with Crippen molar-refractivity contribution >= 4 is 17.5 Å². The van der Waals surface area contributed by atoms with Gasteiger partial charge in [0.1, 0.15) is 11.9 Å². The fourth-order valence-electron chi connectivity index (χ4n) is 1.66. The fraction of sp³-hybridized carbons (Fsp3) is 0.214. The molecule has 0 unspecified atom stereocenters. The zero-order valence-electron chi connectivity index (χ0n) is 11.5. The summed E-state index contributed by atoms with van der Waals surface area (Å²) < 4.78 is 0. The molecule has 0 saturated heterocycles. The van der Waals surface area contributed by atoms with Gasteiger partial charge in [-0.05, 0) is 19.1 Å². The minimum atomic E-state index is -0.164. The molecule has 7 nitrogen and oxygen atoms in total. The first-order valence-corrected chi connectivity index (χ1v) is 6.37. The van der Waals surface area contributed by atoms with Crippen LogP contribution in [0.25, 0.3) is 0 Å². The molecule has 21 heavy (non-hydrogen) atoms. The van der Waals surface area contributed by atoms with E-state index in [0.717, 1.165) is 5.69 Å². The van der Waals surface area contributed by atoms with Crippen LogP contribution in [-0.2, 0) is 4.79 Å². The van der Waals surface area contributed by atoms with Crippen LogP contribution in [0.15, 0.2) is 30.6 Å². The number of carbonyl (C=O) groups is 1. The highest BCUT2D eigenvalue weighted by molar-refractivity contribution is 5.90. The monoisotopic (exact) mass is 282 g/mol. The summed E-state index contributed by atoms with van der Waals surface area (Å²) in [6.45, 7) is 2.21. The molecule has 2 N–H and O–H groups in total. The second-order valence-corrected chi connectivity index (χ2v) is 4.25. The topological polar surface area (TPSA) is 104 Å². The Labute approximate surface area is 122 Å². The van der Waals surface area contributed by atoms with E-state index in [0.29, 0.717) is 18.2 Å². The molecular formula is C14H14N6O. The maximum absolute atomic E-state index is 11.8. The molecule has 2 aromatic heterocycles. The van der Waals surface area contributed by atoms with E-state index in [4.69, 9.17) is 5.26 Å². The Morgan fingerprint density at radius 2 is 2.14 bits per heavy atom. The van der Waals surface area contributed by atoms with Crippen LogP contribution in [0.3, 0.4) is 0 Å². The van der Waals surface area contributed by atoms with Crippen LogP contribution in [-0.4, -0.2) is 27.4 Å². The first kappa shape index (κ1) is 14.4. The summed E-state index contributed by atoms with van der Waals surface area (Å²) in [6.07, 6.45) is 3.16. The molecule has 2 heterocycles. The molecule has 106 valence electrons. The Morgan fingerprint density at radius 3 is 2.90 bits per heavy atom. The summed E-state index contributed by atoms with van der Waals surface area (Å²) >= 11 is 0. The van der Waals surface area contributed by atoms with Gasteiger partial charge < -0.3 is 10.6 Å². The first-order chi connectivity index (χ1) is 10.2. The normalized spacial score (nSPS) is 9.71. The summed E-state index contributed by atoms with van der Waals surface area (Å²) in [5.74, 6) is 0.738. The number of anilines is 2. The summed E-state index contributed by atoms with van der Waals surface area (Å²) in [4.78, 5) is 23.8. The van der Waals surface area contributed by atoms with Crippen LogP contribution in [0.1, 0.15) is 17.8 Å². The quantitative estimate of drug-likeness (QED) is 0.861. The van der Waals surface area contributed by atoms with Crippen molar-refractivity contribution in [3.05, 3.63) is 42.0 Å². The van der Waals surface area contributed by atoms with Crippen molar-refractivity contribution in [3.8, 4) is 6.07 Å². The van der Waals surface area contributed by atoms with Crippen LogP contribution in [0.5, 0.6) is 0 Å². The average Bonchev–Trinajstić information content (AvgIpc) is 2.47. The molecular weight excluding hydrogens is 268 g/mol. The minimum Gasteiger partial charge on any atom is -0.367 e. The molecule has 2 aromatic rings. The van der Waals surface area contributed by atoms with Gasteiger partial charge in [-0.25, -0.2) is 15.0 Å². The lowest BCUT2D eigenvalue weighted by molar-refractivity contribution is -0.116. The van der Waals surface area contributed by atoms with Crippen molar-refractivity contribution in [2.45, 2.75) is 13.3 Å². The van der Waals surface area contributed by atoms with Gasteiger partial charge in [0, 0.05) is 31.1 Å². The lowest BCUT2D eigenvalue weighted by Gasteiger charge is -2.07. The number of hydrogen-bond acceptors (Lipinski definition) is 6. The molecule has 0 radical (unpaired) electrons. The largest absolute Gasteiger partial charge is 0.367 e. The van der Waals surface area contributed by atoms with Gasteiger partial charge in [0.05, 0.1) is 0 Å². The van der Waals surface area contributed by atoms with Gasteiger partial charge in [0.2, 0.25) is 5.91 Å². The van der Waals surface area contributed by atoms with Crippen molar-refractivity contribution in [1.29, 1.82) is 5.26 Å². The van der Waals surface area contributed by atoms with Crippen molar-refractivity contribution in [3.63, 3.8) is 0 Å². The Morgan fingerprint density at radius 1 is 1.33 bits per heavy atom. The highest BCUT2D eigenvalue weighted by atomic mass is 16.1. The average molecular weight is 282 g/mol. The predicted octanol–water partition coefficient (Wildman–Crippen LogP) is 1.49. The highest BCUT2D eigenvalue weighted by Gasteiger charge is 2.06. The summed E-state index contributed by atoms with van der Waals surface area (Å²) in [5, 5.41) is 14.5. The number of carbonyl (C=O) groups excluding carboxylic acids is 1. The van der Waals surface area contributed by atoms with Gasteiger partial charge in [-0.2, -0.15) is 5.26 Å². The maximum Gasteiger partial charge on any atom is 0.227 e. The second kappa shape index (κ2) is 6.96. The van der Waals surface area contributed by atoms with Crippen LogP contribution in [0.2, 0.25) is 0 Å². The zero-order chi connectivity index (χ0) is 15.1. The van der Waals surface area contributed by atoms with E-state index in [2.05, 4.69) is 25.6 Å². The minimum absolute atomic E-state index is 0.164. The SMILES string of the molecule is Cc1cccc(NC(=O)CCNc2nccnc2C#N)n1. The fourth-order valence-corrected chi connectivity index (χ4v) is 1.66. The van der Waals surface area contributed by atoms with Crippen LogP contribution >= 0.6 is 0 Å². The van der Waals surface area contributed by atoms with Gasteiger partial charge in [-0.15, -0.1) is 0 Å². The van der Waals surface area contributed by atoms with Gasteiger partial charge in [-0.3, -0.25) is 4.79 Å². The van der Waals surface area contributed by atoms with Crippen molar-refractivity contribution < 1.29 is 4.79 Å². The van der Waals surface area contributed by atoms with E-state index in [9.17, 15) is 4.79 Å². The van der Waals surface area contributed by atoms with Gasteiger partial charge >= 0.3 is 0 Å². The third-order valence-electron chi connectivity index (χ3n) is 2.60. The zero-order valence-corrected chi connectivity index (χ0v) is 11.5. The lowest BCUT2D eigenvalue weighted by Crippen LogP contribution is -2.17. The molecule has 0 aliphatic rings. The number of aryl methyl sites for hydroxylation is 1. The number of nitrogens with zero attached hydrogens (tertiary/aromatic N) is 4. The second-order valence-electron chi connectivity index (χ2n) is 4.25. The Bertz CT molecular complexity index is 679. The number of nitrogens with one attached hydrogen (secondary N) is 2. The van der Waals surface area contributed by atoms with Gasteiger partial charge in [-0.1, -0.05) is 6.07 Å². The molecule has 1 amide bonds. The molecule has 0 atom stereocenters. The highest BCUT2D eigenvalue weighted by Crippen LogP contribution is 2.07. The molecule has 0 aliphatic carbocycles. The number of nitriles is 1. The molecule has 0 aromatic carbocycles. The maximum atomic E-state index is 11.8. The Kier molecular flexibility index (Phi) is 4.77. The smallest absolute Gasteiger partial charge is 0.227 e. The van der Waals surface area contributed by atoms with Gasteiger partial charge in [0.25, 0.3) is 0 Å². The lowest BCUT2D eigenvalue weighted by atomic mass is 10.3. The standard InChI is InChI=1S/C14H14N6O/c1-10-3-2-4-12(19-10)20-13(21)5-6-17-14-11(9-15)16-7-8-18-14/h2-4,7-8H,5-6H2,1H3,(H,17,18)(H,19,20,21). The van der Waals surface area contributed by atoms with Crippen LogP contribution in [0, 0.1) is 18.3 Å². The number of rotatable bonds is 5. The van der Waals surface area contributed by atoms with E-state index < -0.39 is 0 Å². The first-order valence-electron chi connectivity index (χ1n) is 6.37. The van der Waals surface area contributed by atoms with Crippen molar-refractivity contribution in [2.75, 3.05) is 17.2 Å².